The second-order valence-electron chi connectivity index (χ2n) is 2.66. The number of aromatic nitrogens is 1. The predicted octanol–water partition coefficient (Wildman–Crippen LogP) is 3.93. The van der Waals surface area contributed by atoms with E-state index in [2.05, 4.69) is 35.1 Å². The number of thioether (sulfide) groups is 1. The summed E-state index contributed by atoms with van der Waals surface area (Å²) in [5, 5.41) is 12.9. The van der Waals surface area contributed by atoms with Crippen LogP contribution in [0.4, 0.5) is 0 Å². The summed E-state index contributed by atoms with van der Waals surface area (Å²) in [5.74, 6) is 0. The molecule has 82 valence electrons. The average molecular weight is 266 g/mol. The first-order valence-corrected chi connectivity index (χ1v) is 6.95. The fourth-order valence-corrected chi connectivity index (χ4v) is 2.52. The third-order valence-electron chi connectivity index (χ3n) is 1.71. The third kappa shape index (κ3) is 3.89. The van der Waals surface area contributed by atoms with Crippen molar-refractivity contribution in [1.29, 1.82) is 5.26 Å². The maximum absolute atomic E-state index is 7.18. The van der Waals surface area contributed by atoms with E-state index in [0.717, 1.165) is 10.0 Å². The summed E-state index contributed by atoms with van der Waals surface area (Å²) in [6.45, 7) is 0. The molecule has 1 aromatic heterocycles. The molecular formula is C11H10N2S3. The molecule has 0 N–H and O–H groups in total. The maximum Gasteiger partial charge on any atom is 0.130 e. The number of thiocyanates is 1. The van der Waals surface area contributed by atoms with Crippen molar-refractivity contribution in [3.8, 4) is 16.0 Å². The first-order chi connectivity index (χ1) is 7.81. The van der Waals surface area contributed by atoms with Gasteiger partial charge in [-0.1, -0.05) is 43.0 Å². The van der Waals surface area contributed by atoms with Crippen molar-refractivity contribution in [2.75, 3.05) is 6.26 Å². The largest absolute Gasteiger partial charge is 0.230 e. The van der Waals surface area contributed by atoms with E-state index in [0.29, 0.717) is 0 Å². The number of nitriles is 1. The first kappa shape index (κ1) is 13.1. The number of benzene rings is 1. The average Bonchev–Trinajstić information content (AvgIpc) is 2.80. The van der Waals surface area contributed by atoms with Gasteiger partial charge in [0.1, 0.15) is 15.4 Å². The third-order valence-corrected chi connectivity index (χ3v) is 3.38. The molecule has 0 bridgehead atoms. The van der Waals surface area contributed by atoms with Crippen molar-refractivity contribution in [2.45, 2.75) is 5.03 Å². The van der Waals surface area contributed by atoms with Gasteiger partial charge in [0, 0.05) is 10.9 Å². The normalized spacial score (nSPS) is 8.81. The molecule has 0 aliphatic rings. The van der Waals surface area contributed by atoms with Crippen LogP contribution in [-0.4, -0.2) is 11.2 Å². The molecule has 1 heterocycles. The zero-order chi connectivity index (χ0) is 11.8. The van der Waals surface area contributed by atoms with E-state index >= 15 is 0 Å². The van der Waals surface area contributed by atoms with Crippen molar-refractivity contribution >= 4 is 35.7 Å². The van der Waals surface area contributed by atoms with Gasteiger partial charge in [-0.2, -0.15) is 5.26 Å². The molecule has 0 unspecified atom stereocenters. The van der Waals surface area contributed by atoms with Gasteiger partial charge in [-0.3, -0.25) is 0 Å². The molecule has 1 aromatic carbocycles. The van der Waals surface area contributed by atoms with Crippen molar-refractivity contribution < 1.29 is 0 Å². The Morgan fingerprint density at radius 2 is 2.00 bits per heavy atom. The smallest absolute Gasteiger partial charge is 0.130 e. The standard InChI is InChI=1S/C10H9NS2.CHNS/c1-12-9-7-13-10(11-9)8-5-3-2-4-6-8;2-1-3/h2-7H,1H3;3H. The van der Waals surface area contributed by atoms with Crippen LogP contribution in [0.1, 0.15) is 0 Å². The minimum atomic E-state index is 1.10. The summed E-state index contributed by atoms with van der Waals surface area (Å²) < 4.78 is 0. The van der Waals surface area contributed by atoms with Gasteiger partial charge in [-0.25, -0.2) is 4.98 Å². The highest BCUT2D eigenvalue weighted by atomic mass is 32.2. The Balaban J connectivity index is 0.000000386. The van der Waals surface area contributed by atoms with Crippen LogP contribution in [0.3, 0.4) is 0 Å². The second kappa shape index (κ2) is 7.34. The number of nitrogens with zero attached hydrogens (tertiary/aromatic N) is 2. The Hall–Kier alpha value is -0.960. The Morgan fingerprint density at radius 3 is 2.50 bits per heavy atom. The topological polar surface area (TPSA) is 36.7 Å². The highest BCUT2D eigenvalue weighted by Crippen LogP contribution is 2.26. The summed E-state index contributed by atoms with van der Waals surface area (Å²) >= 11 is 6.47. The van der Waals surface area contributed by atoms with Gasteiger partial charge >= 0.3 is 0 Å². The number of hydrogen-bond acceptors (Lipinski definition) is 5. The molecule has 0 spiro atoms. The number of thiazole rings is 1. The zero-order valence-electron chi connectivity index (χ0n) is 8.62. The van der Waals surface area contributed by atoms with Gasteiger partial charge in [-0.15, -0.1) is 23.1 Å². The molecule has 0 saturated carbocycles. The molecule has 5 heteroatoms. The number of thiol groups is 1. The van der Waals surface area contributed by atoms with Crippen LogP contribution in [0, 0.1) is 10.7 Å². The highest BCUT2D eigenvalue weighted by Gasteiger charge is 2.01. The van der Waals surface area contributed by atoms with Crippen LogP contribution in [-0.2, 0) is 0 Å². The van der Waals surface area contributed by atoms with Gasteiger partial charge in [0.25, 0.3) is 0 Å². The molecule has 0 saturated heterocycles. The summed E-state index contributed by atoms with van der Waals surface area (Å²) in [6.07, 6.45) is 2.05. The lowest BCUT2D eigenvalue weighted by Crippen LogP contribution is -1.74. The molecular weight excluding hydrogens is 256 g/mol. The van der Waals surface area contributed by atoms with E-state index in [1.165, 1.54) is 11.0 Å². The van der Waals surface area contributed by atoms with Crippen molar-refractivity contribution in [3.63, 3.8) is 0 Å². The molecule has 0 fully saturated rings. The minimum absolute atomic E-state index is 1.10. The van der Waals surface area contributed by atoms with E-state index in [1.54, 1.807) is 23.1 Å². The van der Waals surface area contributed by atoms with Crippen LogP contribution < -0.4 is 0 Å². The monoisotopic (exact) mass is 266 g/mol. The minimum Gasteiger partial charge on any atom is -0.230 e. The van der Waals surface area contributed by atoms with Crippen LogP contribution >= 0.6 is 35.7 Å². The van der Waals surface area contributed by atoms with Gasteiger partial charge in [0.15, 0.2) is 0 Å². The van der Waals surface area contributed by atoms with Crippen molar-refractivity contribution in [2.24, 2.45) is 0 Å². The molecule has 0 radical (unpaired) electrons. The molecule has 16 heavy (non-hydrogen) atoms. The molecule has 2 aromatic rings. The van der Waals surface area contributed by atoms with E-state index in [-0.39, 0.29) is 0 Å². The van der Waals surface area contributed by atoms with Gasteiger partial charge in [0.05, 0.1) is 0 Å². The van der Waals surface area contributed by atoms with Gasteiger partial charge in [-0.05, 0) is 6.26 Å². The first-order valence-electron chi connectivity index (χ1n) is 4.40. The molecule has 0 amide bonds. The van der Waals surface area contributed by atoms with Crippen molar-refractivity contribution in [3.05, 3.63) is 35.7 Å². The summed E-state index contributed by atoms with van der Waals surface area (Å²) in [7, 11) is 0. The van der Waals surface area contributed by atoms with E-state index in [1.807, 2.05) is 24.5 Å². The molecule has 0 atom stereocenters. The van der Waals surface area contributed by atoms with Crippen LogP contribution in [0.5, 0.6) is 0 Å². The fraction of sp³-hybridized carbons (Fsp3) is 0.0909. The molecule has 2 nitrogen and oxygen atoms in total. The number of hydrogen-bond donors (Lipinski definition) is 1. The SMILES string of the molecule is CSc1csc(-c2ccccc2)n1.N#CS. The lowest BCUT2D eigenvalue weighted by molar-refractivity contribution is 1.21. The lowest BCUT2D eigenvalue weighted by Gasteiger charge is -1.92. The molecule has 2 rings (SSSR count). The van der Waals surface area contributed by atoms with Crippen LogP contribution in [0.15, 0.2) is 40.7 Å². The quantitative estimate of drug-likeness (QED) is 0.508. The summed E-state index contributed by atoms with van der Waals surface area (Å²) in [5.41, 5.74) is 1.20. The zero-order valence-corrected chi connectivity index (χ0v) is 11.1. The Labute approximate surface area is 109 Å². The summed E-state index contributed by atoms with van der Waals surface area (Å²) in [6, 6.07) is 10.3. The Bertz CT molecular complexity index is 460. The lowest BCUT2D eigenvalue weighted by atomic mass is 10.2. The van der Waals surface area contributed by atoms with E-state index in [4.69, 9.17) is 5.26 Å². The van der Waals surface area contributed by atoms with Crippen molar-refractivity contribution in [1.82, 2.24) is 4.98 Å². The predicted molar refractivity (Wildman–Crippen MR) is 73.9 cm³/mol. The molecule has 0 aliphatic heterocycles. The second-order valence-corrected chi connectivity index (χ2v) is 4.55. The van der Waals surface area contributed by atoms with E-state index < -0.39 is 0 Å². The Morgan fingerprint density at radius 1 is 1.38 bits per heavy atom. The van der Waals surface area contributed by atoms with Crippen LogP contribution in [0.2, 0.25) is 0 Å². The fourth-order valence-electron chi connectivity index (χ4n) is 1.07. The van der Waals surface area contributed by atoms with E-state index in [9.17, 15) is 0 Å². The Kier molecular flexibility index (Phi) is 6.01. The summed E-state index contributed by atoms with van der Waals surface area (Å²) in [4.78, 5) is 4.48. The van der Waals surface area contributed by atoms with Gasteiger partial charge < -0.3 is 0 Å². The maximum atomic E-state index is 7.18. The van der Waals surface area contributed by atoms with Crippen LogP contribution in [0.25, 0.3) is 10.6 Å². The van der Waals surface area contributed by atoms with Gasteiger partial charge in [0.2, 0.25) is 0 Å². The molecule has 0 aliphatic carbocycles. The number of rotatable bonds is 2. The highest BCUT2D eigenvalue weighted by molar-refractivity contribution is 7.98.